The third-order valence-electron chi connectivity index (χ3n) is 4.93. The van der Waals surface area contributed by atoms with E-state index in [-0.39, 0.29) is 11.0 Å². The van der Waals surface area contributed by atoms with E-state index < -0.39 is 10.0 Å². The number of rotatable bonds is 5. The molecule has 0 spiro atoms. The number of nitrogens with one attached hydrogen (secondary N) is 1. The Morgan fingerprint density at radius 2 is 1.89 bits per heavy atom. The van der Waals surface area contributed by atoms with Crippen LogP contribution in [0.4, 0.5) is 5.82 Å². The summed E-state index contributed by atoms with van der Waals surface area (Å²) in [6.07, 6.45) is 4.53. The van der Waals surface area contributed by atoms with E-state index in [1.807, 2.05) is 24.3 Å². The highest BCUT2D eigenvalue weighted by Gasteiger charge is 2.24. The second kappa shape index (κ2) is 7.13. The van der Waals surface area contributed by atoms with Crippen LogP contribution < -0.4 is 5.32 Å². The van der Waals surface area contributed by atoms with Crippen LogP contribution >= 0.6 is 11.6 Å². The van der Waals surface area contributed by atoms with Gasteiger partial charge in [0.1, 0.15) is 5.82 Å². The van der Waals surface area contributed by atoms with Gasteiger partial charge in [-0.05, 0) is 43.0 Å². The Morgan fingerprint density at radius 3 is 2.59 bits per heavy atom. The zero-order valence-electron chi connectivity index (χ0n) is 15.0. The van der Waals surface area contributed by atoms with Gasteiger partial charge < -0.3 is 5.32 Å². The van der Waals surface area contributed by atoms with Crippen LogP contribution in [0, 0.1) is 6.92 Å². The third kappa shape index (κ3) is 3.66. The van der Waals surface area contributed by atoms with Gasteiger partial charge >= 0.3 is 0 Å². The number of aryl methyl sites for hydroxylation is 1. The average molecular weight is 405 g/mol. The highest BCUT2D eigenvalue weighted by Crippen LogP contribution is 2.30. The lowest BCUT2D eigenvalue weighted by Crippen LogP contribution is -2.18. The molecule has 0 atom stereocenters. The molecule has 27 heavy (non-hydrogen) atoms. The quantitative estimate of drug-likeness (QED) is 0.647. The maximum absolute atomic E-state index is 13.1. The van der Waals surface area contributed by atoms with Crippen molar-refractivity contribution in [3.63, 3.8) is 0 Å². The lowest BCUT2D eigenvalue weighted by Gasteiger charge is -2.14. The molecule has 1 fully saturated rings. The Labute approximate surface area is 163 Å². The minimum absolute atomic E-state index is 0.0391. The number of nitrogens with zero attached hydrogens (tertiary/aromatic N) is 3. The van der Waals surface area contributed by atoms with Gasteiger partial charge in [0, 0.05) is 11.7 Å². The van der Waals surface area contributed by atoms with Crippen molar-refractivity contribution >= 4 is 38.5 Å². The Bertz CT molecular complexity index is 1070. The number of benzene rings is 1. The molecule has 8 heteroatoms. The molecule has 6 nitrogen and oxygen atoms in total. The molecule has 0 bridgehead atoms. The molecule has 0 saturated heterocycles. The maximum Gasteiger partial charge on any atom is 0.244 e. The van der Waals surface area contributed by atoms with E-state index in [1.165, 1.54) is 16.8 Å². The van der Waals surface area contributed by atoms with Crippen molar-refractivity contribution in [3.8, 4) is 0 Å². The van der Waals surface area contributed by atoms with Gasteiger partial charge in [0.15, 0.2) is 5.65 Å². The van der Waals surface area contributed by atoms with E-state index in [9.17, 15) is 8.42 Å². The Kier molecular flexibility index (Phi) is 4.82. The summed E-state index contributed by atoms with van der Waals surface area (Å²) >= 11 is 6.13. The Morgan fingerprint density at radius 1 is 1.19 bits per heavy atom. The minimum Gasteiger partial charge on any atom is -0.367 e. The molecule has 0 unspecified atom stereocenters. The van der Waals surface area contributed by atoms with Gasteiger partial charge in [-0.25, -0.2) is 17.4 Å². The summed E-state index contributed by atoms with van der Waals surface area (Å²) in [5, 5.41) is 4.14. The second-order valence-corrected chi connectivity index (χ2v) is 9.15. The Balaban J connectivity index is 1.79. The highest BCUT2D eigenvalue weighted by atomic mass is 35.5. The van der Waals surface area contributed by atoms with Crippen molar-refractivity contribution in [2.24, 2.45) is 0 Å². The molecule has 2 heterocycles. The monoisotopic (exact) mass is 404 g/mol. The molecule has 3 aromatic rings. The van der Waals surface area contributed by atoms with Crippen LogP contribution in [0.2, 0.25) is 5.28 Å². The van der Waals surface area contributed by atoms with Crippen molar-refractivity contribution in [1.29, 1.82) is 0 Å². The van der Waals surface area contributed by atoms with Crippen LogP contribution in [-0.4, -0.2) is 28.4 Å². The van der Waals surface area contributed by atoms with E-state index in [1.54, 1.807) is 19.1 Å². The van der Waals surface area contributed by atoms with E-state index in [0.717, 1.165) is 18.4 Å². The van der Waals surface area contributed by atoms with E-state index in [0.29, 0.717) is 28.6 Å². The van der Waals surface area contributed by atoms with Crippen molar-refractivity contribution < 1.29 is 8.42 Å². The zero-order valence-corrected chi connectivity index (χ0v) is 16.6. The molecular formula is C19H21ClN4O2S. The van der Waals surface area contributed by atoms with Gasteiger partial charge in [0.25, 0.3) is 0 Å². The van der Waals surface area contributed by atoms with Gasteiger partial charge in [0.05, 0.1) is 11.1 Å². The summed E-state index contributed by atoms with van der Waals surface area (Å²) in [5.41, 5.74) is 1.64. The number of hydrogen-bond donors (Lipinski definition) is 1. The van der Waals surface area contributed by atoms with Crippen molar-refractivity contribution in [1.82, 2.24) is 13.9 Å². The van der Waals surface area contributed by atoms with E-state index in [4.69, 9.17) is 11.6 Å². The molecule has 1 saturated carbocycles. The summed E-state index contributed by atoms with van der Waals surface area (Å²) in [7, 11) is -3.65. The highest BCUT2D eigenvalue weighted by molar-refractivity contribution is 7.89. The molecule has 142 valence electrons. The lowest BCUT2D eigenvalue weighted by atomic mass is 10.2. The fourth-order valence-electron chi connectivity index (χ4n) is 3.73. The SMILES string of the molecule is Cc1cc2c(NC3CCCC3)nc(Cl)nc2n1S(=O)(=O)Cc1ccccc1. The summed E-state index contributed by atoms with van der Waals surface area (Å²) < 4.78 is 27.5. The fourth-order valence-corrected chi connectivity index (χ4v) is 5.53. The van der Waals surface area contributed by atoms with Crippen LogP contribution in [0.3, 0.4) is 0 Å². The molecule has 0 amide bonds. The van der Waals surface area contributed by atoms with Gasteiger partial charge in [-0.15, -0.1) is 0 Å². The number of hydrogen-bond acceptors (Lipinski definition) is 5. The smallest absolute Gasteiger partial charge is 0.244 e. The van der Waals surface area contributed by atoms with Crippen LogP contribution in [0.5, 0.6) is 0 Å². The van der Waals surface area contributed by atoms with Crippen LogP contribution in [0.25, 0.3) is 11.0 Å². The van der Waals surface area contributed by atoms with Crippen LogP contribution in [-0.2, 0) is 15.8 Å². The largest absolute Gasteiger partial charge is 0.367 e. The third-order valence-corrected chi connectivity index (χ3v) is 6.81. The number of halogens is 1. The molecular weight excluding hydrogens is 384 g/mol. The standard InChI is InChI=1S/C19H21ClN4O2S/c1-13-11-16-17(21-15-9-5-6-10-15)22-19(20)23-18(16)24(13)27(25,26)12-14-7-3-2-4-8-14/h2-4,7-8,11,15H,5-6,9-10,12H2,1H3,(H,21,22,23). The molecule has 4 rings (SSSR count). The average Bonchev–Trinajstić information content (AvgIpc) is 3.22. The molecule has 0 aliphatic heterocycles. The van der Waals surface area contributed by atoms with Crippen LogP contribution in [0.1, 0.15) is 36.9 Å². The van der Waals surface area contributed by atoms with E-state index in [2.05, 4.69) is 15.3 Å². The predicted molar refractivity (Wildman–Crippen MR) is 108 cm³/mol. The van der Waals surface area contributed by atoms with Crippen molar-refractivity contribution in [2.75, 3.05) is 5.32 Å². The first kappa shape index (κ1) is 18.3. The first-order valence-corrected chi connectivity index (χ1v) is 11.0. The summed E-state index contributed by atoms with van der Waals surface area (Å²) in [4.78, 5) is 8.56. The maximum atomic E-state index is 13.1. The van der Waals surface area contributed by atoms with Gasteiger partial charge in [0.2, 0.25) is 15.3 Å². The fraction of sp³-hybridized carbons (Fsp3) is 0.368. The number of fused-ring (bicyclic) bond motifs is 1. The topological polar surface area (TPSA) is 76.9 Å². The van der Waals surface area contributed by atoms with Crippen molar-refractivity contribution in [2.45, 2.75) is 44.4 Å². The predicted octanol–water partition coefficient (Wildman–Crippen LogP) is 4.13. The van der Waals surface area contributed by atoms with Gasteiger partial charge in [-0.2, -0.15) is 4.98 Å². The molecule has 2 aromatic heterocycles. The zero-order chi connectivity index (χ0) is 19.0. The Hall–Kier alpha value is -2.12. The molecule has 1 N–H and O–H groups in total. The van der Waals surface area contributed by atoms with Crippen molar-refractivity contribution in [3.05, 3.63) is 52.9 Å². The molecule has 1 aliphatic carbocycles. The normalized spacial score (nSPS) is 15.5. The first-order valence-electron chi connectivity index (χ1n) is 9.03. The van der Waals surface area contributed by atoms with E-state index >= 15 is 0 Å². The number of aromatic nitrogens is 3. The van der Waals surface area contributed by atoms with Gasteiger partial charge in [-0.1, -0.05) is 43.2 Å². The lowest BCUT2D eigenvalue weighted by molar-refractivity contribution is 0.587. The van der Waals surface area contributed by atoms with Crippen LogP contribution in [0.15, 0.2) is 36.4 Å². The molecule has 0 radical (unpaired) electrons. The summed E-state index contributed by atoms with van der Waals surface area (Å²) in [6, 6.07) is 11.3. The molecule has 1 aliphatic rings. The minimum atomic E-state index is -3.65. The first-order chi connectivity index (χ1) is 12.9. The number of anilines is 1. The molecule has 1 aromatic carbocycles. The summed E-state index contributed by atoms with van der Waals surface area (Å²) in [6.45, 7) is 1.76. The second-order valence-electron chi connectivity index (χ2n) is 7.00. The summed E-state index contributed by atoms with van der Waals surface area (Å²) in [5.74, 6) is 0.500. The van der Waals surface area contributed by atoms with Gasteiger partial charge in [-0.3, -0.25) is 0 Å².